The van der Waals surface area contributed by atoms with Gasteiger partial charge < -0.3 is 19.1 Å². The second-order valence-electron chi connectivity index (χ2n) is 11.1. The van der Waals surface area contributed by atoms with Crippen molar-refractivity contribution in [3.63, 3.8) is 0 Å². The number of piperazine rings is 1. The molecule has 1 aromatic heterocycles. The highest BCUT2D eigenvalue weighted by Gasteiger charge is 2.32. The number of likely N-dealkylation sites (N-methyl/N-ethyl adjacent to an activating group) is 1. The fraction of sp³-hybridized carbons (Fsp3) is 0.419. The zero-order valence-electron chi connectivity index (χ0n) is 24.4. The minimum atomic E-state index is -0.672. The topological polar surface area (TPSA) is 92.2 Å². The van der Waals surface area contributed by atoms with Crippen LogP contribution in [0.1, 0.15) is 52.7 Å². The van der Waals surface area contributed by atoms with Gasteiger partial charge in [-0.3, -0.25) is 24.1 Å². The third-order valence-electron chi connectivity index (χ3n) is 7.50. The van der Waals surface area contributed by atoms with E-state index in [-0.39, 0.29) is 41.9 Å². The lowest BCUT2D eigenvalue weighted by molar-refractivity contribution is -0.151. The predicted molar refractivity (Wildman–Crippen MR) is 153 cm³/mol. The maximum Gasteiger partial charge on any atom is 0.310 e. The molecule has 1 aliphatic heterocycles. The molecule has 0 spiro atoms. The quantitative estimate of drug-likeness (QED) is 0.234. The van der Waals surface area contributed by atoms with E-state index in [1.54, 1.807) is 55.7 Å². The van der Waals surface area contributed by atoms with Gasteiger partial charge in [0.2, 0.25) is 5.78 Å². The Morgan fingerprint density at radius 2 is 1.73 bits per heavy atom. The van der Waals surface area contributed by atoms with Crippen LogP contribution in [0.2, 0.25) is 0 Å². The van der Waals surface area contributed by atoms with Gasteiger partial charge in [0.05, 0.1) is 17.0 Å². The van der Waals surface area contributed by atoms with Crippen LogP contribution in [0, 0.1) is 18.7 Å². The fourth-order valence-corrected chi connectivity index (χ4v) is 5.15. The number of benzene rings is 2. The van der Waals surface area contributed by atoms with Crippen molar-refractivity contribution in [1.82, 2.24) is 19.3 Å². The van der Waals surface area contributed by atoms with E-state index in [2.05, 4.69) is 4.90 Å². The van der Waals surface area contributed by atoms with Crippen molar-refractivity contribution in [2.45, 2.75) is 47.0 Å². The first-order valence-electron chi connectivity index (χ1n) is 13.7. The monoisotopic (exact) mass is 564 g/mol. The van der Waals surface area contributed by atoms with E-state index < -0.39 is 11.7 Å². The smallest absolute Gasteiger partial charge is 0.310 e. The Morgan fingerprint density at radius 1 is 1.05 bits per heavy atom. The van der Waals surface area contributed by atoms with Crippen LogP contribution in [0.25, 0.3) is 10.9 Å². The number of esters is 1. The Labute approximate surface area is 239 Å². The molecule has 0 unspecified atom stereocenters. The molecule has 1 atom stereocenters. The molecule has 0 bridgehead atoms. The van der Waals surface area contributed by atoms with Gasteiger partial charge >= 0.3 is 5.97 Å². The summed E-state index contributed by atoms with van der Waals surface area (Å²) in [5.41, 5.74) is 2.81. The molecule has 3 aromatic rings. The molecule has 0 saturated carbocycles. The number of carbonyl (C=O) groups excluding carboxylic acids is 4. The summed E-state index contributed by atoms with van der Waals surface area (Å²) in [6.45, 7) is 9.58. The Hall–Kier alpha value is -4.05. The Kier molecular flexibility index (Phi) is 8.92. The molecule has 10 heteroatoms. The van der Waals surface area contributed by atoms with E-state index in [0.717, 1.165) is 5.56 Å². The van der Waals surface area contributed by atoms with Crippen LogP contribution in [0.4, 0.5) is 4.39 Å². The Bertz CT molecular complexity index is 1480. The van der Waals surface area contributed by atoms with Gasteiger partial charge in [-0.2, -0.15) is 0 Å². The molecular formula is C31H37FN4O5. The van der Waals surface area contributed by atoms with Crippen LogP contribution >= 0.6 is 0 Å². The fourth-order valence-electron chi connectivity index (χ4n) is 5.15. The zero-order valence-corrected chi connectivity index (χ0v) is 24.4. The molecule has 2 amide bonds. The van der Waals surface area contributed by atoms with E-state index in [1.807, 2.05) is 11.8 Å². The Morgan fingerprint density at radius 3 is 2.34 bits per heavy atom. The van der Waals surface area contributed by atoms with Crippen molar-refractivity contribution in [2.75, 3.05) is 33.7 Å². The number of carbonyl (C=O) groups is 4. The van der Waals surface area contributed by atoms with E-state index in [0.29, 0.717) is 48.3 Å². The number of ether oxygens (including phenoxy) is 1. The molecule has 1 saturated heterocycles. The minimum Gasteiger partial charge on any atom is -0.444 e. The first-order valence-corrected chi connectivity index (χ1v) is 13.7. The van der Waals surface area contributed by atoms with Gasteiger partial charge in [0.25, 0.3) is 11.8 Å². The van der Waals surface area contributed by atoms with Crippen LogP contribution in [0.15, 0.2) is 42.5 Å². The molecule has 0 N–H and O–H groups in total. The molecular weight excluding hydrogens is 527 g/mol. The lowest BCUT2D eigenvalue weighted by atomic mass is 10.0. The highest BCUT2D eigenvalue weighted by molar-refractivity contribution is 6.43. The number of halogens is 1. The Balaban J connectivity index is 1.66. The van der Waals surface area contributed by atoms with E-state index in [9.17, 15) is 23.6 Å². The number of Topliss-reactive ketones (excluding diaryl/α,β-unsaturated/α-hetero) is 1. The van der Waals surface area contributed by atoms with E-state index in [4.69, 9.17) is 4.74 Å². The van der Waals surface area contributed by atoms with Gasteiger partial charge in [0.15, 0.2) is 6.73 Å². The standard InChI is InChI=1S/C31H37FN4O5/c1-19(2)31(40)41-18-36-21(4)27(25-15-23(9-12-26(25)36)28(37)30(39)33(5)6)29(38)35-14-13-34(16-20(35)3)17-22-7-10-24(32)11-8-22/h7-12,15,19-20H,13-14,16-18H2,1-6H3/t20-/m1/s1. The number of aromatic nitrogens is 1. The van der Waals surface area contributed by atoms with Crippen LogP contribution < -0.4 is 0 Å². The lowest BCUT2D eigenvalue weighted by Crippen LogP contribution is -2.53. The molecule has 2 heterocycles. The van der Waals surface area contributed by atoms with Gasteiger partial charge in [0.1, 0.15) is 5.82 Å². The van der Waals surface area contributed by atoms with E-state index in [1.165, 1.54) is 31.1 Å². The normalized spacial score (nSPS) is 15.8. The number of nitrogens with zero attached hydrogens (tertiary/aromatic N) is 4. The van der Waals surface area contributed by atoms with Crippen molar-refractivity contribution >= 4 is 34.5 Å². The van der Waals surface area contributed by atoms with Gasteiger partial charge in [0, 0.05) is 63.0 Å². The molecule has 218 valence electrons. The van der Waals surface area contributed by atoms with Crippen molar-refractivity contribution in [3.8, 4) is 0 Å². The van der Waals surface area contributed by atoms with Gasteiger partial charge in [-0.15, -0.1) is 0 Å². The summed E-state index contributed by atoms with van der Waals surface area (Å²) in [7, 11) is 3.02. The van der Waals surface area contributed by atoms with E-state index >= 15 is 0 Å². The van der Waals surface area contributed by atoms with Crippen LogP contribution in [-0.4, -0.2) is 82.6 Å². The molecule has 0 aliphatic carbocycles. The SMILES string of the molecule is Cc1c(C(=O)N2CCN(Cc3ccc(F)cc3)C[C@H]2C)c2cc(C(=O)C(=O)N(C)C)ccc2n1COC(=O)C(C)C. The number of amides is 2. The minimum absolute atomic E-state index is 0.0858. The number of rotatable bonds is 8. The third-order valence-corrected chi connectivity index (χ3v) is 7.50. The average molecular weight is 565 g/mol. The summed E-state index contributed by atoms with van der Waals surface area (Å²) in [5, 5.41) is 0.520. The summed E-state index contributed by atoms with van der Waals surface area (Å²) in [6, 6.07) is 11.1. The molecule has 9 nitrogen and oxygen atoms in total. The van der Waals surface area contributed by atoms with Crippen LogP contribution in [-0.2, 0) is 27.6 Å². The number of fused-ring (bicyclic) bond motifs is 1. The molecule has 4 rings (SSSR count). The number of hydrogen-bond acceptors (Lipinski definition) is 6. The predicted octanol–water partition coefficient (Wildman–Crippen LogP) is 3.86. The van der Waals surface area contributed by atoms with Gasteiger partial charge in [-0.1, -0.05) is 26.0 Å². The summed E-state index contributed by atoms with van der Waals surface area (Å²) in [6.07, 6.45) is 0. The first-order chi connectivity index (χ1) is 19.4. The number of ketones is 1. The van der Waals surface area contributed by atoms with Crippen molar-refractivity contribution in [1.29, 1.82) is 0 Å². The number of hydrogen-bond donors (Lipinski definition) is 0. The van der Waals surface area contributed by atoms with Gasteiger partial charge in [-0.05, 0) is 49.7 Å². The molecule has 2 aromatic carbocycles. The van der Waals surface area contributed by atoms with Gasteiger partial charge in [-0.25, -0.2) is 4.39 Å². The lowest BCUT2D eigenvalue weighted by Gasteiger charge is -2.40. The van der Waals surface area contributed by atoms with Crippen molar-refractivity contribution < 1.29 is 28.3 Å². The highest BCUT2D eigenvalue weighted by Crippen LogP contribution is 2.30. The summed E-state index contributed by atoms with van der Waals surface area (Å²) in [4.78, 5) is 56.9. The molecule has 0 radical (unpaired) electrons. The maximum atomic E-state index is 14.1. The van der Waals surface area contributed by atoms with Crippen molar-refractivity contribution in [3.05, 3.63) is 70.7 Å². The second kappa shape index (κ2) is 12.2. The molecule has 1 fully saturated rings. The maximum absolute atomic E-state index is 14.1. The largest absolute Gasteiger partial charge is 0.444 e. The first kappa shape index (κ1) is 29.9. The highest BCUT2D eigenvalue weighted by atomic mass is 19.1. The van der Waals surface area contributed by atoms with Crippen LogP contribution in [0.3, 0.4) is 0 Å². The molecule has 41 heavy (non-hydrogen) atoms. The summed E-state index contributed by atoms with van der Waals surface area (Å²) >= 11 is 0. The zero-order chi connectivity index (χ0) is 30.0. The third kappa shape index (κ3) is 6.32. The molecule has 1 aliphatic rings. The summed E-state index contributed by atoms with van der Waals surface area (Å²) < 4.78 is 20.6. The van der Waals surface area contributed by atoms with Crippen molar-refractivity contribution in [2.24, 2.45) is 5.92 Å². The average Bonchev–Trinajstić information content (AvgIpc) is 3.21. The second-order valence-corrected chi connectivity index (χ2v) is 11.1. The van der Waals surface area contributed by atoms with Crippen LogP contribution in [0.5, 0.6) is 0 Å². The summed E-state index contributed by atoms with van der Waals surface area (Å²) in [5.74, 6) is -2.49.